The van der Waals surface area contributed by atoms with Crippen LogP contribution in [0.4, 0.5) is 5.82 Å². The number of aromatic nitrogens is 1. The number of aryl methyl sites for hydroxylation is 1. The van der Waals surface area contributed by atoms with Crippen molar-refractivity contribution in [3.63, 3.8) is 0 Å². The van der Waals surface area contributed by atoms with Crippen LogP contribution in [-0.4, -0.2) is 46.3 Å². The first kappa shape index (κ1) is 14.0. The van der Waals surface area contributed by atoms with E-state index >= 15 is 0 Å². The van der Waals surface area contributed by atoms with Crippen molar-refractivity contribution >= 4 is 11.7 Å². The summed E-state index contributed by atoms with van der Waals surface area (Å²) in [6.07, 6.45) is 2.21. The van der Waals surface area contributed by atoms with Gasteiger partial charge in [-0.3, -0.25) is 9.69 Å². The first-order valence-electron chi connectivity index (χ1n) is 6.69. The van der Waals surface area contributed by atoms with Crippen molar-refractivity contribution in [1.82, 2.24) is 10.1 Å². The molecule has 2 N–H and O–H groups in total. The van der Waals surface area contributed by atoms with Crippen molar-refractivity contribution in [2.24, 2.45) is 0 Å². The van der Waals surface area contributed by atoms with Crippen LogP contribution in [0.3, 0.4) is 0 Å². The highest BCUT2D eigenvalue weighted by Gasteiger charge is 2.39. The van der Waals surface area contributed by atoms with Gasteiger partial charge in [-0.15, -0.1) is 0 Å². The van der Waals surface area contributed by atoms with Crippen LogP contribution >= 0.6 is 0 Å². The molecule has 1 aromatic rings. The van der Waals surface area contributed by atoms with Gasteiger partial charge in [-0.25, -0.2) is 0 Å². The summed E-state index contributed by atoms with van der Waals surface area (Å²) in [5.41, 5.74) is -0.533. The zero-order valence-corrected chi connectivity index (χ0v) is 11.5. The first-order valence-corrected chi connectivity index (χ1v) is 6.69. The van der Waals surface area contributed by atoms with Crippen molar-refractivity contribution in [1.29, 1.82) is 0 Å². The Kier molecular flexibility index (Phi) is 4.21. The maximum atomic E-state index is 11.7. The van der Waals surface area contributed by atoms with Gasteiger partial charge in [0, 0.05) is 32.1 Å². The Morgan fingerprint density at radius 1 is 1.63 bits per heavy atom. The number of aliphatic hydroxyl groups is 1. The number of nitrogens with zero attached hydrogens (tertiary/aromatic N) is 2. The Labute approximate surface area is 112 Å². The van der Waals surface area contributed by atoms with Gasteiger partial charge < -0.3 is 14.9 Å². The van der Waals surface area contributed by atoms with E-state index < -0.39 is 5.60 Å². The Hall–Kier alpha value is -1.40. The Balaban J connectivity index is 1.65. The zero-order valence-electron chi connectivity index (χ0n) is 11.5. The van der Waals surface area contributed by atoms with Gasteiger partial charge in [0.15, 0.2) is 5.82 Å². The first-order chi connectivity index (χ1) is 9.00. The van der Waals surface area contributed by atoms with E-state index in [0.29, 0.717) is 37.6 Å². The minimum Gasteiger partial charge on any atom is -0.387 e. The van der Waals surface area contributed by atoms with Crippen LogP contribution in [0.1, 0.15) is 31.9 Å². The van der Waals surface area contributed by atoms with Gasteiger partial charge in [0.05, 0.1) is 5.60 Å². The number of carbonyl (C=O) groups excluding carboxylic acids is 1. The summed E-state index contributed by atoms with van der Waals surface area (Å²) in [7, 11) is 0. The lowest BCUT2D eigenvalue weighted by Crippen LogP contribution is -2.61. The van der Waals surface area contributed by atoms with Gasteiger partial charge in [-0.05, 0) is 13.3 Å². The molecule has 1 saturated heterocycles. The number of β-amino-alcohol motifs (C(OH)–C–C–N with tert-alkyl or cyclic N) is 1. The Morgan fingerprint density at radius 3 is 2.95 bits per heavy atom. The molecule has 6 heteroatoms. The lowest BCUT2D eigenvalue weighted by atomic mass is 9.89. The molecule has 0 saturated carbocycles. The van der Waals surface area contributed by atoms with Crippen LogP contribution in [0, 0.1) is 6.92 Å². The zero-order chi connectivity index (χ0) is 13.9. The summed E-state index contributed by atoms with van der Waals surface area (Å²) < 4.78 is 4.87. The molecule has 1 amide bonds. The smallest absolute Gasteiger partial charge is 0.226 e. The molecule has 6 nitrogen and oxygen atoms in total. The van der Waals surface area contributed by atoms with Gasteiger partial charge in [0.2, 0.25) is 5.91 Å². The van der Waals surface area contributed by atoms with Crippen molar-refractivity contribution < 1.29 is 14.4 Å². The SMILES string of the molecule is CCCC1(O)CN(CCC(=O)Nc2cc(C)on2)C1. The molecule has 1 fully saturated rings. The monoisotopic (exact) mass is 267 g/mol. The second kappa shape index (κ2) is 5.71. The minimum atomic E-state index is -0.533. The van der Waals surface area contributed by atoms with E-state index in [9.17, 15) is 9.90 Å². The number of nitrogens with one attached hydrogen (secondary N) is 1. The third-order valence-electron chi connectivity index (χ3n) is 3.30. The molecule has 1 aliphatic rings. The largest absolute Gasteiger partial charge is 0.387 e. The summed E-state index contributed by atoms with van der Waals surface area (Å²) in [4.78, 5) is 13.8. The summed E-state index contributed by atoms with van der Waals surface area (Å²) >= 11 is 0. The standard InChI is InChI=1S/C13H21N3O3/c1-3-5-13(18)8-16(9-13)6-4-12(17)14-11-7-10(2)19-15-11/h7,18H,3-6,8-9H2,1-2H3,(H,14,15,17). The lowest BCUT2D eigenvalue weighted by Gasteiger charge is -2.46. The molecule has 0 atom stereocenters. The molecule has 1 aliphatic heterocycles. The normalized spacial score (nSPS) is 18.1. The number of likely N-dealkylation sites (tertiary alicyclic amines) is 1. The molecular formula is C13H21N3O3. The summed E-state index contributed by atoms with van der Waals surface area (Å²) in [5.74, 6) is 1.04. The van der Waals surface area contributed by atoms with Crippen molar-refractivity contribution in [2.45, 2.75) is 38.7 Å². The Bertz CT molecular complexity index is 438. The molecule has 0 unspecified atom stereocenters. The maximum Gasteiger partial charge on any atom is 0.226 e. The lowest BCUT2D eigenvalue weighted by molar-refractivity contribution is -0.121. The molecule has 0 aromatic carbocycles. The predicted molar refractivity (Wildman–Crippen MR) is 70.8 cm³/mol. The van der Waals surface area contributed by atoms with Crippen molar-refractivity contribution in [3.05, 3.63) is 11.8 Å². The molecule has 2 rings (SSSR count). The van der Waals surface area contributed by atoms with E-state index in [1.807, 2.05) is 0 Å². The minimum absolute atomic E-state index is 0.0840. The van der Waals surface area contributed by atoms with Crippen LogP contribution in [0.5, 0.6) is 0 Å². The van der Waals surface area contributed by atoms with Gasteiger partial charge in [0.25, 0.3) is 0 Å². The quantitative estimate of drug-likeness (QED) is 0.808. The van der Waals surface area contributed by atoms with Gasteiger partial charge in [-0.1, -0.05) is 18.5 Å². The fourth-order valence-corrected chi connectivity index (χ4v) is 2.46. The van der Waals surface area contributed by atoms with Gasteiger partial charge >= 0.3 is 0 Å². The van der Waals surface area contributed by atoms with Crippen LogP contribution in [0.2, 0.25) is 0 Å². The van der Waals surface area contributed by atoms with E-state index in [1.54, 1.807) is 13.0 Å². The van der Waals surface area contributed by atoms with Gasteiger partial charge in [0.1, 0.15) is 5.76 Å². The van der Waals surface area contributed by atoms with E-state index in [1.165, 1.54) is 0 Å². The second-order valence-electron chi connectivity index (χ2n) is 5.31. The number of hydrogen-bond acceptors (Lipinski definition) is 5. The van der Waals surface area contributed by atoms with Crippen molar-refractivity contribution in [3.8, 4) is 0 Å². The fourth-order valence-electron chi connectivity index (χ4n) is 2.46. The highest BCUT2D eigenvalue weighted by Crippen LogP contribution is 2.25. The number of anilines is 1. The van der Waals surface area contributed by atoms with Gasteiger partial charge in [-0.2, -0.15) is 0 Å². The van der Waals surface area contributed by atoms with E-state index in [-0.39, 0.29) is 5.91 Å². The molecule has 0 radical (unpaired) electrons. The molecule has 2 heterocycles. The average molecular weight is 267 g/mol. The molecule has 19 heavy (non-hydrogen) atoms. The third-order valence-corrected chi connectivity index (χ3v) is 3.30. The average Bonchev–Trinajstić information content (AvgIpc) is 2.69. The number of carbonyl (C=O) groups is 1. The molecule has 0 spiro atoms. The topological polar surface area (TPSA) is 78.6 Å². The van der Waals surface area contributed by atoms with Crippen LogP contribution in [-0.2, 0) is 4.79 Å². The maximum absolute atomic E-state index is 11.7. The van der Waals surface area contributed by atoms with Crippen LogP contribution < -0.4 is 5.32 Å². The highest BCUT2D eigenvalue weighted by molar-refractivity contribution is 5.89. The van der Waals surface area contributed by atoms with E-state index in [4.69, 9.17) is 4.52 Å². The fraction of sp³-hybridized carbons (Fsp3) is 0.692. The highest BCUT2D eigenvalue weighted by atomic mass is 16.5. The van der Waals surface area contributed by atoms with Crippen molar-refractivity contribution in [2.75, 3.05) is 25.0 Å². The van der Waals surface area contributed by atoms with E-state index in [2.05, 4.69) is 22.3 Å². The summed E-state index contributed by atoms with van der Waals surface area (Å²) in [5, 5.41) is 16.4. The van der Waals surface area contributed by atoms with Crippen LogP contribution in [0.25, 0.3) is 0 Å². The predicted octanol–water partition coefficient (Wildman–Crippen LogP) is 1.16. The second-order valence-corrected chi connectivity index (χ2v) is 5.31. The number of rotatable bonds is 6. The molecule has 106 valence electrons. The summed E-state index contributed by atoms with van der Waals surface area (Å²) in [6, 6.07) is 1.68. The Morgan fingerprint density at radius 2 is 2.37 bits per heavy atom. The molecular weight excluding hydrogens is 246 g/mol. The number of hydrogen-bond donors (Lipinski definition) is 2. The summed E-state index contributed by atoms with van der Waals surface area (Å²) in [6.45, 7) is 5.83. The molecule has 1 aromatic heterocycles. The molecule has 0 aliphatic carbocycles. The number of amides is 1. The van der Waals surface area contributed by atoms with E-state index in [0.717, 1.165) is 12.8 Å². The molecule has 0 bridgehead atoms. The van der Waals surface area contributed by atoms with Crippen LogP contribution in [0.15, 0.2) is 10.6 Å². The third kappa shape index (κ3) is 3.78.